The summed E-state index contributed by atoms with van der Waals surface area (Å²) in [5, 5.41) is 11.0. The first kappa shape index (κ1) is 15.0. The summed E-state index contributed by atoms with van der Waals surface area (Å²) >= 11 is 1.13. The standard InChI is InChI=1S/C15H12N4O3S/c20-10-19-14(11-6-7-22-8-11)17-18-15(19)23-9-13(21)16-12-4-2-1-3-5-12/h1-8,10H,9H2,(H,16,21). The molecule has 7 nitrogen and oxygen atoms in total. The van der Waals surface area contributed by atoms with Crippen LogP contribution in [0.1, 0.15) is 0 Å². The largest absolute Gasteiger partial charge is 0.472 e. The van der Waals surface area contributed by atoms with Gasteiger partial charge in [-0.3, -0.25) is 9.59 Å². The first-order valence-electron chi connectivity index (χ1n) is 6.68. The summed E-state index contributed by atoms with van der Waals surface area (Å²) in [5.74, 6) is 0.304. The van der Waals surface area contributed by atoms with Crippen molar-refractivity contribution in [3.8, 4) is 11.4 Å². The van der Waals surface area contributed by atoms with Gasteiger partial charge in [0.1, 0.15) is 6.26 Å². The molecule has 116 valence electrons. The number of anilines is 1. The van der Waals surface area contributed by atoms with Crippen LogP contribution < -0.4 is 5.32 Å². The van der Waals surface area contributed by atoms with Crippen LogP contribution in [0, 0.1) is 0 Å². The quantitative estimate of drug-likeness (QED) is 0.551. The van der Waals surface area contributed by atoms with Gasteiger partial charge in [-0.25, -0.2) is 4.57 Å². The Morgan fingerprint density at radius 1 is 1.26 bits per heavy atom. The molecule has 0 unspecified atom stereocenters. The van der Waals surface area contributed by atoms with Gasteiger partial charge in [0.05, 0.1) is 17.6 Å². The maximum Gasteiger partial charge on any atom is 0.234 e. The first-order chi connectivity index (χ1) is 11.3. The van der Waals surface area contributed by atoms with Gasteiger partial charge in [-0.1, -0.05) is 30.0 Å². The zero-order valence-electron chi connectivity index (χ0n) is 11.9. The van der Waals surface area contributed by atoms with Crippen LogP contribution in [0.3, 0.4) is 0 Å². The number of hydrogen-bond donors (Lipinski definition) is 1. The van der Waals surface area contributed by atoms with Crippen molar-refractivity contribution in [1.29, 1.82) is 0 Å². The van der Waals surface area contributed by atoms with E-state index < -0.39 is 0 Å². The summed E-state index contributed by atoms with van der Waals surface area (Å²) in [4.78, 5) is 23.2. The number of para-hydroxylation sites is 1. The molecule has 3 aromatic rings. The molecule has 2 heterocycles. The van der Waals surface area contributed by atoms with Crippen molar-refractivity contribution in [2.75, 3.05) is 11.1 Å². The van der Waals surface area contributed by atoms with E-state index in [1.807, 2.05) is 18.2 Å². The minimum atomic E-state index is -0.188. The second-order valence-corrected chi connectivity index (χ2v) is 5.44. The fourth-order valence-corrected chi connectivity index (χ4v) is 2.61. The van der Waals surface area contributed by atoms with E-state index in [-0.39, 0.29) is 11.7 Å². The lowest BCUT2D eigenvalue weighted by molar-refractivity contribution is -0.113. The van der Waals surface area contributed by atoms with Gasteiger partial charge in [0.15, 0.2) is 11.0 Å². The summed E-state index contributed by atoms with van der Waals surface area (Å²) in [6.07, 6.45) is 3.57. The van der Waals surface area contributed by atoms with Gasteiger partial charge in [0.2, 0.25) is 12.3 Å². The second kappa shape index (κ2) is 6.93. The molecule has 0 radical (unpaired) electrons. The number of rotatable bonds is 6. The molecule has 23 heavy (non-hydrogen) atoms. The zero-order chi connectivity index (χ0) is 16.1. The number of carbonyl (C=O) groups is 2. The van der Waals surface area contributed by atoms with Gasteiger partial charge < -0.3 is 9.73 Å². The number of nitrogens with one attached hydrogen (secondary N) is 1. The van der Waals surface area contributed by atoms with E-state index in [4.69, 9.17) is 4.42 Å². The highest BCUT2D eigenvalue weighted by molar-refractivity contribution is 7.99. The maximum absolute atomic E-state index is 11.9. The minimum absolute atomic E-state index is 0.117. The Hall–Kier alpha value is -2.87. The van der Waals surface area contributed by atoms with Crippen molar-refractivity contribution in [2.45, 2.75) is 5.16 Å². The number of hydrogen-bond acceptors (Lipinski definition) is 6. The fraction of sp³-hybridized carbons (Fsp3) is 0.0667. The van der Waals surface area contributed by atoms with Crippen LogP contribution in [-0.2, 0) is 9.59 Å². The van der Waals surface area contributed by atoms with Crippen LogP contribution in [0.2, 0.25) is 0 Å². The third kappa shape index (κ3) is 3.49. The van der Waals surface area contributed by atoms with Crippen LogP contribution >= 0.6 is 11.8 Å². The molecule has 1 N–H and O–H groups in total. The number of nitrogens with zero attached hydrogens (tertiary/aromatic N) is 3. The maximum atomic E-state index is 11.9. The molecule has 0 aliphatic heterocycles. The van der Waals surface area contributed by atoms with Crippen molar-refractivity contribution in [3.05, 3.63) is 48.9 Å². The fourth-order valence-electron chi connectivity index (χ4n) is 1.91. The van der Waals surface area contributed by atoms with Crippen molar-refractivity contribution >= 4 is 29.8 Å². The molecule has 3 rings (SSSR count). The van der Waals surface area contributed by atoms with E-state index in [1.54, 1.807) is 18.2 Å². The molecule has 0 atom stereocenters. The Kier molecular flexibility index (Phi) is 4.53. The van der Waals surface area contributed by atoms with Crippen molar-refractivity contribution in [1.82, 2.24) is 14.8 Å². The van der Waals surface area contributed by atoms with Crippen LogP contribution in [0.25, 0.3) is 11.4 Å². The van der Waals surface area contributed by atoms with Gasteiger partial charge in [-0.05, 0) is 18.2 Å². The second-order valence-electron chi connectivity index (χ2n) is 4.50. The van der Waals surface area contributed by atoms with Crippen LogP contribution in [0.4, 0.5) is 5.69 Å². The summed E-state index contributed by atoms with van der Waals surface area (Å²) in [5.41, 5.74) is 1.36. The zero-order valence-corrected chi connectivity index (χ0v) is 12.7. The summed E-state index contributed by atoms with van der Waals surface area (Å²) in [7, 11) is 0. The van der Waals surface area contributed by atoms with Crippen LogP contribution in [0.5, 0.6) is 0 Å². The molecule has 1 aromatic carbocycles. The highest BCUT2D eigenvalue weighted by Gasteiger charge is 2.16. The third-order valence-electron chi connectivity index (χ3n) is 2.94. The average molecular weight is 328 g/mol. The Balaban J connectivity index is 1.67. The highest BCUT2D eigenvalue weighted by atomic mass is 32.2. The molecular formula is C15H12N4O3S. The van der Waals surface area contributed by atoms with Crippen LogP contribution in [0.15, 0.2) is 58.5 Å². The monoisotopic (exact) mass is 328 g/mol. The normalized spacial score (nSPS) is 10.4. The van der Waals surface area contributed by atoms with E-state index in [0.29, 0.717) is 28.6 Å². The lowest BCUT2D eigenvalue weighted by atomic mass is 10.3. The van der Waals surface area contributed by atoms with Gasteiger partial charge in [0, 0.05) is 5.69 Å². The van der Waals surface area contributed by atoms with Gasteiger partial charge in [0.25, 0.3) is 0 Å². The number of carbonyl (C=O) groups excluding carboxylic acids is 2. The van der Waals surface area contributed by atoms with E-state index in [9.17, 15) is 9.59 Å². The number of furan rings is 1. The molecule has 0 bridgehead atoms. The summed E-state index contributed by atoms with van der Waals surface area (Å²) < 4.78 is 6.26. The van der Waals surface area contributed by atoms with E-state index in [1.165, 1.54) is 17.1 Å². The molecule has 0 fully saturated rings. The number of thioether (sulfide) groups is 1. The first-order valence-corrected chi connectivity index (χ1v) is 7.67. The van der Waals surface area contributed by atoms with Gasteiger partial charge in [-0.2, -0.15) is 0 Å². The molecule has 1 amide bonds. The van der Waals surface area contributed by atoms with Crippen molar-refractivity contribution < 1.29 is 14.0 Å². The Morgan fingerprint density at radius 3 is 2.78 bits per heavy atom. The Labute approximate surface area is 135 Å². The average Bonchev–Trinajstić information content (AvgIpc) is 3.22. The molecule has 0 saturated carbocycles. The predicted octanol–water partition coefficient (Wildman–Crippen LogP) is 2.31. The molecular weight excluding hydrogens is 316 g/mol. The van der Waals surface area contributed by atoms with Gasteiger partial charge >= 0.3 is 0 Å². The Morgan fingerprint density at radius 2 is 2.09 bits per heavy atom. The van der Waals surface area contributed by atoms with E-state index >= 15 is 0 Å². The summed E-state index contributed by atoms with van der Waals surface area (Å²) in [6, 6.07) is 10.8. The highest BCUT2D eigenvalue weighted by Crippen LogP contribution is 2.23. The topological polar surface area (TPSA) is 90.0 Å². The summed E-state index contributed by atoms with van der Waals surface area (Å²) in [6.45, 7) is 0. The molecule has 0 aliphatic carbocycles. The molecule has 8 heteroatoms. The molecule has 0 spiro atoms. The number of amides is 1. The third-order valence-corrected chi connectivity index (χ3v) is 3.88. The lowest BCUT2D eigenvalue weighted by Gasteiger charge is -2.04. The van der Waals surface area contributed by atoms with Crippen molar-refractivity contribution in [2.24, 2.45) is 0 Å². The SMILES string of the molecule is O=Cn1c(SCC(=O)Nc2ccccc2)nnc1-c1ccoc1. The van der Waals surface area contributed by atoms with Crippen molar-refractivity contribution in [3.63, 3.8) is 0 Å². The lowest BCUT2D eigenvalue weighted by Crippen LogP contribution is -2.14. The number of benzene rings is 1. The van der Waals surface area contributed by atoms with Gasteiger partial charge in [-0.15, -0.1) is 10.2 Å². The molecule has 0 aliphatic rings. The smallest absolute Gasteiger partial charge is 0.234 e. The molecule has 0 saturated heterocycles. The number of aromatic nitrogens is 3. The van der Waals surface area contributed by atoms with E-state index in [2.05, 4.69) is 15.5 Å². The molecule has 2 aromatic heterocycles. The van der Waals surface area contributed by atoms with Crippen LogP contribution in [-0.4, -0.2) is 32.8 Å². The predicted molar refractivity (Wildman–Crippen MR) is 85.7 cm³/mol. The Bertz CT molecular complexity index is 800. The van der Waals surface area contributed by atoms with E-state index in [0.717, 1.165) is 11.8 Å². The minimum Gasteiger partial charge on any atom is -0.472 e.